The molecule has 0 heterocycles. The standard InChI is InChI=1S/C5H7BrO3/c6-3-4(7)1-2-5(8)9/h1-2,4,7H,3H2,(H,8,9). The number of halogens is 1. The lowest BCUT2D eigenvalue weighted by Gasteiger charge is -1.94. The summed E-state index contributed by atoms with van der Waals surface area (Å²) in [4.78, 5) is 9.81. The average molecular weight is 195 g/mol. The number of carboxylic acids is 1. The van der Waals surface area contributed by atoms with Gasteiger partial charge >= 0.3 is 5.97 Å². The van der Waals surface area contributed by atoms with E-state index in [1.54, 1.807) is 0 Å². The second-order valence-corrected chi connectivity index (χ2v) is 2.07. The molecule has 52 valence electrons. The number of aliphatic hydroxyl groups is 1. The van der Waals surface area contributed by atoms with Gasteiger partial charge in [0.2, 0.25) is 0 Å². The number of carbonyl (C=O) groups is 1. The van der Waals surface area contributed by atoms with Crippen LogP contribution in [0.25, 0.3) is 0 Å². The smallest absolute Gasteiger partial charge is 0.328 e. The van der Waals surface area contributed by atoms with Crippen molar-refractivity contribution < 1.29 is 15.0 Å². The van der Waals surface area contributed by atoms with E-state index in [2.05, 4.69) is 15.9 Å². The highest BCUT2D eigenvalue weighted by Crippen LogP contribution is 1.90. The van der Waals surface area contributed by atoms with Gasteiger partial charge in [0.25, 0.3) is 0 Å². The predicted octanol–water partition coefficient (Wildman–Crippen LogP) is 0.383. The van der Waals surface area contributed by atoms with Crippen molar-refractivity contribution in [2.45, 2.75) is 6.10 Å². The van der Waals surface area contributed by atoms with Gasteiger partial charge in [0.15, 0.2) is 0 Å². The third kappa shape index (κ3) is 5.52. The van der Waals surface area contributed by atoms with E-state index in [1.807, 2.05) is 0 Å². The lowest BCUT2D eigenvalue weighted by molar-refractivity contribution is -0.131. The molecule has 0 aliphatic carbocycles. The largest absolute Gasteiger partial charge is 0.478 e. The molecule has 0 amide bonds. The molecule has 2 N–H and O–H groups in total. The predicted molar refractivity (Wildman–Crippen MR) is 36.6 cm³/mol. The van der Waals surface area contributed by atoms with Crippen molar-refractivity contribution in [2.75, 3.05) is 5.33 Å². The van der Waals surface area contributed by atoms with Crippen molar-refractivity contribution in [1.29, 1.82) is 0 Å². The number of alkyl halides is 1. The Kier molecular flexibility index (Phi) is 4.35. The van der Waals surface area contributed by atoms with Crippen LogP contribution in [-0.2, 0) is 4.79 Å². The van der Waals surface area contributed by atoms with Crippen molar-refractivity contribution in [1.82, 2.24) is 0 Å². The minimum Gasteiger partial charge on any atom is -0.478 e. The summed E-state index contributed by atoms with van der Waals surface area (Å²) in [6, 6.07) is 0. The van der Waals surface area contributed by atoms with E-state index in [0.29, 0.717) is 5.33 Å². The Morgan fingerprint density at radius 3 is 2.67 bits per heavy atom. The topological polar surface area (TPSA) is 57.5 Å². The maximum Gasteiger partial charge on any atom is 0.328 e. The summed E-state index contributed by atoms with van der Waals surface area (Å²) in [5, 5.41) is 17.1. The first kappa shape index (κ1) is 8.65. The van der Waals surface area contributed by atoms with Crippen molar-refractivity contribution in [3.63, 3.8) is 0 Å². The zero-order valence-corrected chi connectivity index (χ0v) is 6.21. The molecule has 0 fully saturated rings. The fraction of sp³-hybridized carbons (Fsp3) is 0.400. The third-order valence-electron chi connectivity index (χ3n) is 0.619. The maximum atomic E-state index is 9.81. The van der Waals surface area contributed by atoms with Crippen LogP contribution in [0.3, 0.4) is 0 Å². The summed E-state index contributed by atoms with van der Waals surface area (Å²) >= 11 is 2.97. The Labute approximate surface area is 61.1 Å². The van der Waals surface area contributed by atoms with Crippen molar-refractivity contribution in [2.24, 2.45) is 0 Å². The van der Waals surface area contributed by atoms with Crippen LogP contribution < -0.4 is 0 Å². The molecule has 3 nitrogen and oxygen atoms in total. The van der Waals surface area contributed by atoms with Gasteiger partial charge in [-0.1, -0.05) is 15.9 Å². The van der Waals surface area contributed by atoms with Gasteiger partial charge in [0, 0.05) is 11.4 Å². The number of rotatable bonds is 3. The molecular weight excluding hydrogens is 188 g/mol. The Hall–Kier alpha value is -0.350. The van der Waals surface area contributed by atoms with Crippen molar-refractivity contribution in [3.05, 3.63) is 12.2 Å². The average Bonchev–Trinajstić information content (AvgIpc) is 1.83. The first-order chi connectivity index (χ1) is 4.16. The van der Waals surface area contributed by atoms with Gasteiger partial charge in [-0.3, -0.25) is 0 Å². The van der Waals surface area contributed by atoms with E-state index >= 15 is 0 Å². The van der Waals surface area contributed by atoms with Gasteiger partial charge in [-0.15, -0.1) is 0 Å². The molecule has 0 saturated heterocycles. The molecule has 0 aliphatic rings. The zero-order chi connectivity index (χ0) is 7.28. The number of hydrogen-bond acceptors (Lipinski definition) is 2. The van der Waals surface area contributed by atoms with Crippen LogP contribution in [0.15, 0.2) is 12.2 Å². The lowest BCUT2D eigenvalue weighted by Crippen LogP contribution is -2.03. The minimum atomic E-state index is -1.05. The summed E-state index contributed by atoms with van der Waals surface area (Å²) in [7, 11) is 0. The normalized spacial score (nSPS) is 14.0. The molecule has 0 aliphatic heterocycles. The highest BCUT2D eigenvalue weighted by atomic mass is 79.9. The van der Waals surface area contributed by atoms with Gasteiger partial charge in [-0.2, -0.15) is 0 Å². The molecule has 0 aromatic rings. The number of aliphatic carboxylic acids is 1. The van der Waals surface area contributed by atoms with Crippen LogP contribution in [0.2, 0.25) is 0 Å². The van der Waals surface area contributed by atoms with E-state index in [0.717, 1.165) is 6.08 Å². The van der Waals surface area contributed by atoms with Gasteiger partial charge < -0.3 is 10.2 Å². The zero-order valence-electron chi connectivity index (χ0n) is 4.62. The second-order valence-electron chi connectivity index (χ2n) is 1.42. The van der Waals surface area contributed by atoms with Crippen LogP contribution in [0.4, 0.5) is 0 Å². The molecule has 0 radical (unpaired) electrons. The molecular formula is C5H7BrO3. The van der Waals surface area contributed by atoms with Gasteiger partial charge in [-0.05, 0) is 6.08 Å². The van der Waals surface area contributed by atoms with E-state index in [9.17, 15) is 4.79 Å². The van der Waals surface area contributed by atoms with Gasteiger partial charge in [0.05, 0.1) is 6.10 Å². The molecule has 0 saturated carbocycles. The monoisotopic (exact) mass is 194 g/mol. The Balaban J connectivity index is 3.56. The quantitative estimate of drug-likeness (QED) is 0.505. The fourth-order valence-electron chi connectivity index (χ4n) is 0.245. The summed E-state index contributed by atoms with van der Waals surface area (Å²) in [5.41, 5.74) is 0. The first-order valence-electron chi connectivity index (χ1n) is 2.32. The Bertz CT molecular complexity index is 121. The SMILES string of the molecule is O=C(O)C=CC(O)CBr. The summed E-state index contributed by atoms with van der Waals surface area (Å²) in [6.45, 7) is 0. The summed E-state index contributed by atoms with van der Waals surface area (Å²) in [5.74, 6) is -1.05. The van der Waals surface area contributed by atoms with Crippen LogP contribution >= 0.6 is 15.9 Å². The number of carboxylic acid groups (broad SMARTS) is 1. The fourth-order valence-corrected chi connectivity index (χ4v) is 0.461. The number of aliphatic hydroxyl groups excluding tert-OH is 1. The molecule has 4 heteroatoms. The highest BCUT2D eigenvalue weighted by molar-refractivity contribution is 9.09. The van der Waals surface area contributed by atoms with Crippen LogP contribution in [0, 0.1) is 0 Å². The Morgan fingerprint density at radius 1 is 1.78 bits per heavy atom. The molecule has 0 aromatic heterocycles. The van der Waals surface area contributed by atoms with Crippen LogP contribution in [0.5, 0.6) is 0 Å². The Morgan fingerprint density at radius 2 is 2.33 bits per heavy atom. The molecule has 0 aromatic carbocycles. The van der Waals surface area contributed by atoms with Crippen LogP contribution in [0.1, 0.15) is 0 Å². The molecule has 1 unspecified atom stereocenters. The minimum absolute atomic E-state index is 0.358. The number of hydrogen-bond donors (Lipinski definition) is 2. The third-order valence-corrected chi connectivity index (χ3v) is 1.28. The molecule has 0 spiro atoms. The van der Waals surface area contributed by atoms with Crippen molar-refractivity contribution >= 4 is 21.9 Å². The van der Waals surface area contributed by atoms with E-state index in [4.69, 9.17) is 10.2 Å². The highest BCUT2D eigenvalue weighted by Gasteiger charge is 1.94. The maximum absolute atomic E-state index is 9.81. The summed E-state index contributed by atoms with van der Waals surface area (Å²) < 4.78 is 0. The van der Waals surface area contributed by atoms with Crippen molar-refractivity contribution in [3.8, 4) is 0 Å². The molecule has 0 rings (SSSR count). The van der Waals surface area contributed by atoms with E-state index in [1.165, 1.54) is 6.08 Å². The first-order valence-corrected chi connectivity index (χ1v) is 3.44. The van der Waals surface area contributed by atoms with E-state index in [-0.39, 0.29) is 0 Å². The molecule has 0 bridgehead atoms. The van der Waals surface area contributed by atoms with E-state index < -0.39 is 12.1 Å². The summed E-state index contributed by atoms with van der Waals surface area (Å²) in [6.07, 6.45) is 1.41. The lowest BCUT2D eigenvalue weighted by atomic mass is 10.3. The van der Waals surface area contributed by atoms with Gasteiger partial charge in [0.1, 0.15) is 0 Å². The second kappa shape index (κ2) is 4.52. The molecule has 9 heavy (non-hydrogen) atoms. The van der Waals surface area contributed by atoms with Crippen LogP contribution in [-0.4, -0.2) is 27.6 Å². The molecule has 1 atom stereocenters. The van der Waals surface area contributed by atoms with Gasteiger partial charge in [-0.25, -0.2) is 4.79 Å².